The number of carbonyl (C=O) groups excluding carboxylic acids is 2. The van der Waals surface area contributed by atoms with Crippen LogP contribution in [0.5, 0.6) is 0 Å². The van der Waals surface area contributed by atoms with E-state index in [4.69, 9.17) is 0 Å². The summed E-state index contributed by atoms with van der Waals surface area (Å²) in [4.78, 5) is 36.2. The van der Waals surface area contributed by atoms with Crippen molar-refractivity contribution in [2.24, 2.45) is 5.92 Å². The Morgan fingerprint density at radius 1 is 1.08 bits per heavy atom. The molecule has 1 aromatic carbocycles. The topological polar surface area (TPSA) is 69.3 Å². The monoisotopic (exact) mass is 340 g/mol. The number of hydrogen-bond donors (Lipinski definition) is 1. The molecule has 0 spiro atoms. The molecule has 2 heterocycles. The van der Waals surface area contributed by atoms with Crippen molar-refractivity contribution in [3.63, 3.8) is 0 Å². The molecular weight excluding hydrogens is 316 g/mol. The van der Waals surface area contributed by atoms with Gasteiger partial charge in [-0.2, -0.15) is 0 Å². The van der Waals surface area contributed by atoms with E-state index >= 15 is 0 Å². The molecular formula is C19H24N4O2. The zero-order chi connectivity index (χ0) is 17.2. The van der Waals surface area contributed by atoms with Gasteiger partial charge in [-0.3, -0.25) is 9.59 Å². The fourth-order valence-corrected chi connectivity index (χ4v) is 3.68. The molecule has 0 radical (unpaired) electrons. The average Bonchev–Trinajstić information content (AvgIpc) is 2.87. The van der Waals surface area contributed by atoms with Crippen LogP contribution in [0, 0.1) is 5.92 Å². The van der Waals surface area contributed by atoms with Crippen LogP contribution in [0.4, 0.5) is 0 Å². The van der Waals surface area contributed by atoms with E-state index in [0.29, 0.717) is 25.4 Å². The molecule has 1 N–H and O–H groups in total. The summed E-state index contributed by atoms with van der Waals surface area (Å²) in [5.41, 5.74) is 2.86. The van der Waals surface area contributed by atoms with Gasteiger partial charge in [-0.05, 0) is 37.0 Å². The summed E-state index contributed by atoms with van der Waals surface area (Å²) in [5, 5.41) is 0. The highest BCUT2D eigenvalue weighted by Crippen LogP contribution is 2.28. The number of imidazole rings is 1. The third kappa shape index (κ3) is 3.38. The van der Waals surface area contributed by atoms with Crippen molar-refractivity contribution < 1.29 is 9.59 Å². The minimum Gasteiger partial charge on any atom is -0.345 e. The summed E-state index contributed by atoms with van der Waals surface area (Å²) in [7, 11) is 0. The molecule has 1 aromatic heterocycles. The van der Waals surface area contributed by atoms with Gasteiger partial charge in [-0.1, -0.05) is 12.5 Å². The fraction of sp³-hybridized carbons (Fsp3) is 0.526. The summed E-state index contributed by atoms with van der Waals surface area (Å²) in [5.74, 6) is 0.672. The highest BCUT2D eigenvalue weighted by atomic mass is 16.2. The number of nitrogens with zero attached hydrogens (tertiary/aromatic N) is 3. The number of carbonyl (C=O) groups is 2. The lowest BCUT2D eigenvalue weighted by atomic mass is 9.84. The van der Waals surface area contributed by atoms with Gasteiger partial charge < -0.3 is 14.8 Å². The zero-order valence-corrected chi connectivity index (χ0v) is 14.4. The quantitative estimate of drug-likeness (QED) is 0.929. The van der Waals surface area contributed by atoms with Gasteiger partial charge in [0.25, 0.3) is 0 Å². The molecule has 132 valence electrons. The number of rotatable bonds is 3. The number of benzene rings is 1. The zero-order valence-electron chi connectivity index (χ0n) is 14.4. The van der Waals surface area contributed by atoms with Crippen LogP contribution in [-0.4, -0.2) is 57.8 Å². The number of amides is 2. The van der Waals surface area contributed by atoms with Crippen molar-refractivity contribution in [2.45, 2.75) is 32.1 Å². The van der Waals surface area contributed by atoms with Crippen molar-refractivity contribution in [2.75, 3.05) is 26.2 Å². The number of fused-ring (bicyclic) bond motifs is 1. The molecule has 0 unspecified atom stereocenters. The average molecular weight is 340 g/mol. The van der Waals surface area contributed by atoms with Crippen molar-refractivity contribution in [3.05, 3.63) is 30.1 Å². The first kappa shape index (κ1) is 16.1. The molecule has 1 saturated carbocycles. The Hall–Kier alpha value is -2.37. The van der Waals surface area contributed by atoms with Gasteiger partial charge in [0.2, 0.25) is 11.8 Å². The van der Waals surface area contributed by atoms with Crippen LogP contribution in [-0.2, 0) is 16.0 Å². The molecule has 0 bridgehead atoms. The SMILES string of the molecule is O=C(Cc1ccc2nc[nH]c2c1)N1CCCN(C(=O)C2CCC2)CC1. The smallest absolute Gasteiger partial charge is 0.227 e. The van der Waals surface area contributed by atoms with Crippen molar-refractivity contribution in [3.8, 4) is 0 Å². The minimum atomic E-state index is 0.136. The first-order valence-corrected chi connectivity index (χ1v) is 9.19. The Morgan fingerprint density at radius 2 is 1.88 bits per heavy atom. The summed E-state index contributed by atoms with van der Waals surface area (Å²) in [6.07, 6.45) is 6.17. The van der Waals surface area contributed by atoms with Crippen LogP contribution in [0.2, 0.25) is 0 Å². The molecule has 1 saturated heterocycles. The van der Waals surface area contributed by atoms with Crippen LogP contribution in [0.1, 0.15) is 31.2 Å². The Labute approximate surface area is 147 Å². The predicted molar refractivity (Wildman–Crippen MR) is 94.9 cm³/mol. The molecule has 1 aliphatic carbocycles. The maximum absolute atomic E-state index is 12.7. The second-order valence-electron chi connectivity index (χ2n) is 7.12. The maximum atomic E-state index is 12.7. The highest BCUT2D eigenvalue weighted by molar-refractivity contribution is 5.82. The minimum absolute atomic E-state index is 0.136. The molecule has 2 aliphatic rings. The second-order valence-corrected chi connectivity index (χ2v) is 7.12. The van der Waals surface area contributed by atoms with Gasteiger partial charge in [-0.25, -0.2) is 4.98 Å². The van der Waals surface area contributed by atoms with Crippen LogP contribution in [0.25, 0.3) is 11.0 Å². The third-order valence-electron chi connectivity index (χ3n) is 5.45. The standard InChI is InChI=1S/C19H24N4O2/c24-18(12-14-5-6-16-17(11-14)21-13-20-16)22-7-2-8-23(10-9-22)19(25)15-3-1-4-15/h5-6,11,13,15H,1-4,7-10,12H2,(H,20,21). The largest absolute Gasteiger partial charge is 0.345 e. The van der Waals surface area contributed by atoms with Gasteiger partial charge in [0, 0.05) is 32.1 Å². The lowest BCUT2D eigenvalue weighted by Crippen LogP contribution is -2.41. The number of nitrogens with one attached hydrogen (secondary N) is 1. The summed E-state index contributed by atoms with van der Waals surface area (Å²) < 4.78 is 0. The van der Waals surface area contributed by atoms with E-state index < -0.39 is 0 Å². The second kappa shape index (κ2) is 6.86. The van der Waals surface area contributed by atoms with Gasteiger partial charge in [0.1, 0.15) is 0 Å². The highest BCUT2D eigenvalue weighted by Gasteiger charge is 2.30. The molecule has 2 amide bonds. The number of H-pyrrole nitrogens is 1. The molecule has 25 heavy (non-hydrogen) atoms. The Morgan fingerprint density at radius 3 is 2.68 bits per heavy atom. The lowest BCUT2D eigenvalue weighted by molar-refractivity contribution is -0.138. The maximum Gasteiger partial charge on any atom is 0.227 e. The molecule has 1 aliphatic heterocycles. The third-order valence-corrected chi connectivity index (χ3v) is 5.45. The molecule has 6 nitrogen and oxygen atoms in total. The van der Waals surface area contributed by atoms with Crippen LogP contribution >= 0.6 is 0 Å². The molecule has 2 fully saturated rings. The summed E-state index contributed by atoms with van der Waals surface area (Å²) in [6, 6.07) is 5.89. The van der Waals surface area contributed by atoms with Gasteiger partial charge in [-0.15, -0.1) is 0 Å². The lowest BCUT2D eigenvalue weighted by Gasteiger charge is -2.31. The Kier molecular flexibility index (Phi) is 4.42. The van der Waals surface area contributed by atoms with E-state index in [1.807, 2.05) is 28.0 Å². The summed E-state index contributed by atoms with van der Waals surface area (Å²) >= 11 is 0. The first-order chi connectivity index (χ1) is 12.2. The van der Waals surface area contributed by atoms with Crippen molar-refractivity contribution in [1.82, 2.24) is 19.8 Å². The number of aromatic nitrogens is 2. The van der Waals surface area contributed by atoms with E-state index in [1.54, 1.807) is 6.33 Å². The predicted octanol–water partition coefficient (Wildman–Crippen LogP) is 1.97. The van der Waals surface area contributed by atoms with Crippen molar-refractivity contribution >= 4 is 22.8 Å². The normalized spacial score (nSPS) is 18.9. The van der Waals surface area contributed by atoms with Gasteiger partial charge in [0.15, 0.2) is 0 Å². The molecule has 4 rings (SSSR count). The molecule has 0 atom stereocenters. The van der Waals surface area contributed by atoms with Crippen LogP contribution in [0.15, 0.2) is 24.5 Å². The van der Waals surface area contributed by atoms with E-state index in [1.165, 1.54) is 6.42 Å². The number of hydrogen-bond acceptors (Lipinski definition) is 3. The molecule has 2 aromatic rings. The fourth-order valence-electron chi connectivity index (χ4n) is 3.68. The molecule has 6 heteroatoms. The number of aromatic amines is 1. The Bertz CT molecular complexity index is 781. The van der Waals surface area contributed by atoms with E-state index in [9.17, 15) is 9.59 Å². The van der Waals surface area contributed by atoms with E-state index in [-0.39, 0.29) is 11.8 Å². The first-order valence-electron chi connectivity index (χ1n) is 9.19. The summed E-state index contributed by atoms with van der Waals surface area (Å²) in [6.45, 7) is 2.82. The van der Waals surface area contributed by atoms with Gasteiger partial charge >= 0.3 is 0 Å². The van der Waals surface area contributed by atoms with E-state index in [2.05, 4.69) is 9.97 Å². The van der Waals surface area contributed by atoms with Crippen LogP contribution < -0.4 is 0 Å². The van der Waals surface area contributed by atoms with Gasteiger partial charge in [0.05, 0.1) is 23.8 Å². The Balaban J connectivity index is 1.36. The van der Waals surface area contributed by atoms with Crippen molar-refractivity contribution in [1.29, 1.82) is 0 Å². The van der Waals surface area contributed by atoms with E-state index in [0.717, 1.165) is 48.9 Å². The van der Waals surface area contributed by atoms with Crippen LogP contribution in [0.3, 0.4) is 0 Å².